The van der Waals surface area contributed by atoms with Crippen molar-refractivity contribution in [2.24, 2.45) is 0 Å². The summed E-state index contributed by atoms with van der Waals surface area (Å²) in [4.78, 5) is 0. The average Bonchev–Trinajstić information content (AvgIpc) is 3.65. The maximum Gasteiger partial charge on any atom is 0.180 e. The molecule has 0 amide bonds. The summed E-state index contributed by atoms with van der Waals surface area (Å²) >= 11 is 1.93. The first-order valence-corrected chi connectivity index (χ1v) is 18.4. The van der Waals surface area contributed by atoms with Crippen LogP contribution in [0.15, 0.2) is 169 Å². The lowest BCUT2D eigenvalue weighted by Gasteiger charge is -2.36. The molecule has 0 aliphatic heterocycles. The fourth-order valence-corrected chi connectivity index (χ4v) is 14.1. The molecule has 0 aliphatic carbocycles. The van der Waals surface area contributed by atoms with Crippen molar-refractivity contribution in [3.63, 3.8) is 0 Å². The Balaban J connectivity index is 1.51. The second-order valence-corrected chi connectivity index (χ2v) is 16.4. The van der Waals surface area contributed by atoms with Gasteiger partial charge >= 0.3 is 0 Å². The summed E-state index contributed by atoms with van der Waals surface area (Å²) < 4.78 is 5.17. The Morgan fingerprint density at radius 1 is 0.578 bits per heavy atom. The summed E-state index contributed by atoms with van der Waals surface area (Å²) in [5.74, 6) is 0. The van der Waals surface area contributed by atoms with Crippen LogP contribution in [0.4, 0.5) is 0 Å². The highest BCUT2D eigenvalue weighted by molar-refractivity contribution is 7.30. The van der Waals surface area contributed by atoms with Crippen LogP contribution in [-0.4, -0.2) is 12.6 Å². The van der Waals surface area contributed by atoms with Crippen LogP contribution in [-0.2, 0) is 0 Å². The third-order valence-corrected chi connectivity index (χ3v) is 15.5. The van der Waals surface area contributed by atoms with E-state index in [1.54, 1.807) is 0 Å². The number of hydrogen-bond donors (Lipinski definition) is 0. The van der Waals surface area contributed by atoms with Gasteiger partial charge in [-0.05, 0) is 64.9 Å². The number of benzene rings is 6. The second-order valence-electron chi connectivity index (χ2n) is 11.6. The Hall–Kier alpha value is -4.96. The summed E-state index contributed by atoms with van der Waals surface area (Å²) in [6.45, 7) is 4.35. The second kappa shape index (κ2) is 11.2. The van der Waals surface area contributed by atoms with E-state index in [0.29, 0.717) is 0 Å². The van der Waals surface area contributed by atoms with E-state index in [-0.39, 0.29) is 0 Å². The van der Waals surface area contributed by atoms with E-state index in [4.69, 9.17) is 0 Å². The van der Waals surface area contributed by atoms with Gasteiger partial charge in [-0.2, -0.15) is 0 Å². The molecular weight excluding hydrogens is 579 g/mol. The highest BCUT2D eigenvalue weighted by Crippen LogP contribution is 2.36. The summed E-state index contributed by atoms with van der Waals surface area (Å²) in [5, 5.41) is 10.8. The van der Waals surface area contributed by atoms with Crippen LogP contribution in [0.5, 0.6) is 0 Å². The SMILES string of the molecule is C/C=C\C(=C/C)[Si](c1ccccc1)(c1cccc(-n2c3ccccc3c3ccccc32)c1)c1cccc2c1sc1ccccc12. The van der Waals surface area contributed by atoms with Crippen molar-refractivity contribution in [2.45, 2.75) is 13.8 Å². The van der Waals surface area contributed by atoms with Gasteiger partial charge in [0.05, 0.1) is 11.0 Å². The molecule has 1 atom stereocenters. The molecule has 0 bridgehead atoms. The largest absolute Gasteiger partial charge is 0.309 e. The van der Waals surface area contributed by atoms with Gasteiger partial charge in [-0.3, -0.25) is 0 Å². The highest BCUT2D eigenvalue weighted by Gasteiger charge is 2.43. The molecule has 0 aliphatic rings. The number of fused-ring (bicyclic) bond motifs is 6. The summed E-state index contributed by atoms with van der Waals surface area (Å²) in [7, 11) is -2.81. The van der Waals surface area contributed by atoms with E-state index in [1.165, 1.54) is 68.4 Å². The van der Waals surface area contributed by atoms with Crippen molar-refractivity contribution in [3.05, 3.63) is 169 Å². The van der Waals surface area contributed by atoms with Gasteiger partial charge < -0.3 is 4.57 Å². The first kappa shape index (κ1) is 27.6. The first-order chi connectivity index (χ1) is 22.3. The molecule has 3 heteroatoms. The van der Waals surface area contributed by atoms with Crippen molar-refractivity contribution < 1.29 is 0 Å². The number of aromatic nitrogens is 1. The lowest BCUT2D eigenvalue weighted by Crippen LogP contribution is -2.68. The highest BCUT2D eigenvalue weighted by atomic mass is 32.1. The van der Waals surface area contributed by atoms with Gasteiger partial charge in [0.15, 0.2) is 8.07 Å². The summed E-state index contributed by atoms with van der Waals surface area (Å²) in [5.41, 5.74) is 3.65. The Kier molecular flexibility index (Phi) is 6.86. The van der Waals surface area contributed by atoms with Gasteiger partial charge in [0.1, 0.15) is 0 Å². The number of hydrogen-bond acceptors (Lipinski definition) is 1. The zero-order valence-electron chi connectivity index (χ0n) is 25.4. The third-order valence-electron chi connectivity index (χ3n) is 9.22. The molecule has 45 heavy (non-hydrogen) atoms. The minimum absolute atomic E-state index is 1.19. The fourth-order valence-electron chi connectivity index (χ4n) is 7.39. The predicted molar refractivity (Wildman–Crippen MR) is 200 cm³/mol. The normalized spacial score (nSPS) is 13.8. The van der Waals surface area contributed by atoms with Crippen molar-refractivity contribution in [1.29, 1.82) is 0 Å². The molecule has 1 unspecified atom stereocenters. The smallest absolute Gasteiger partial charge is 0.180 e. The lowest BCUT2D eigenvalue weighted by molar-refractivity contribution is 1.18. The Morgan fingerprint density at radius 2 is 1.18 bits per heavy atom. The van der Waals surface area contributed by atoms with E-state index < -0.39 is 8.07 Å². The van der Waals surface area contributed by atoms with Gasteiger partial charge in [0, 0.05) is 36.6 Å². The van der Waals surface area contributed by atoms with Crippen molar-refractivity contribution in [3.8, 4) is 5.69 Å². The van der Waals surface area contributed by atoms with E-state index >= 15 is 0 Å². The molecular formula is C42H33NSSi. The van der Waals surface area contributed by atoms with Crippen LogP contribution in [0.3, 0.4) is 0 Å². The minimum Gasteiger partial charge on any atom is -0.309 e. The molecule has 216 valence electrons. The topological polar surface area (TPSA) is 4.93 Å². The van der Waals surface area contributed by atoms with Gasteiger partial charge in [-0.1, -0.05) is 133 Å². The molecule has 0 saturated heterocycles. The Labute approximate surface area is 269 Å². The van der Waals surface area contributed by atoms with E-state index in [1.807, 2.05) is 11.3 Å². The Morgan fingerprint density at radius 3 is 1.89 bits per heavy atom. The standard InChI is InChI=1S/C42H33NSSi/c1-3-16-31(4-2)45(32-18-6-5-7-19-32,41-28-15-24-37-36-23-10-13-27-40(36)44-42(37)41)33-20-14-17-30(29-33)43-38-25-11-8-21-34(38)35-22-9-12-26-39(35)43/h3-29H,1-2H3/b16-3-,31-4+. The van der Waals surface area contributed by atoms with Gasteiger partial charge in [0.25, 0.3) is 0 Å². The minimum atomic E-state index is -2.81. The fraction of sp³-hybridized carbons (Fsp3) is 0.0476. The van der Waals surface area contributed by atoms with Crippen molar-refractivity contribution in [1.82, 2.24) is 4.57 Å². The van der Waals surface area contributed by atoms with Gasteiger partial charge in [-0.25, -0.2) is 0 Å². The van der Waals surface area contributed by atoms with Crippen LogP contribution in [0, 0.1) is 0 Å². The van der Waals surface area contributed by atoms with Crippen LogP contribution < -0.4 is 15.6 Å². The van der Waals surface area contributed by atoms with Crippen LogP contribution in [0.2, 0.25) is 0 Å². The predicted octanol–water partition coefficient (Wildman–Crippen LogP) is 9.68. The number of nitrogens with zero attached hydrogens (tertiary/aromatic N) is 1. The molecule has 8 rings (SSSR count). The molecule has 0 radical (unpaired) electrons. The van der Waals surface area contributed by atoms with Gasteiger partial charge in [-0.15, -0.1) is 11.3 Å². The van der Waals surface area contributed by atoms with Crippen LogP contribution >= 0.6 is 11.3 Å². The number of rotatable bonds is 6. The summed E-state index contributed by atoms with van der Waals surface area (Å²) in [6.07, 6.45) is 6.93. The molecule has 0 fully saturated rings. The van der Waals surface area contributed by atoms with Gasteiger partial charge in [0.2, 0.25) is 0 Å². The number of para-hydroxylation sites is 2. The van der Waals surface area contributed by atoms with E-state index in [2.05, 4.69) is 182 Å². The maximum atomic E-state index is 2.48. The number of allylic oxidation sites excluding steroid dienone is 4. The van der Waals surface area contributed by atoms with Crippen LogP contribution in [0.1, 0.15) is 13.8 Å². The molecule has 0 N–H and O–H groups in total. The average molecular weight is 612 g/mol. The van der Waals surface area contributed by atoms with E-state index in [0.717, 1.165) is 0 Å². The van der Waals surface area contributed by atoms with Crippen molar-refractivity contribution >= 4 is 76.9 Å². The molecule has 2 aromatic heterocycles. The zero-order chi connectivity index (χ0) is 30.4. The third kappa shape index (κ3) is 4.19. The van der Waals surface area contributed by atoms with E-state index in [9.17, 15) is 0 Å². The molecule has 1 nitrogen and oxygen atoms in total. The van der Waals surface area contributed by atoms with Crippen molar-refractivity contribution in [2.75, 3.05) is 0 Å². The summed E-state index contributed by atoms with van der Waals surface area (Å²) in [6, 6.07) is 54.1. The molecule has 6 aromatic carbocycles. The maximum absolute atomic E-state index is 2.81. The van der Waals surface area contributed by atoms with Crippen LogP contribution in [0.25, 0.3) is 47.7 Å². The zero-order valence-corrected chi connectivity index (χ0v) is 27.3. The molecule has 2 heterocycles. The molecule has 0 saturated carbocycles. The first-order valence-electron chi connectivity index (χ1n) is 15.6. The lowest BCUT2D eigenvalue weighted by atomic mass is 10.1. The monoisotopic (exact) mass is 611 g/mol. The quantitative estimate of drug-likeness (QED) is 0.100. The Bertz CT molecular complexity index is 2360. The molecule has 0 spiro atoms. The number of thiophene rings is 1. The molecule has 8 aromatic rings.